The van der Waals surface area contributed by atoms with E-state index in [1.807, 2.05) is 33.0 Å². The van der Waals surface area contributed by atoms with Gasteiger partial charge in [-0.15, -0.1) is 0 Å². The van der Waals surface area contributed by atoms with Crippen LogP contribution in [0.4, 0.5) is 10.2 Å². The minimum atomic E-state index is -0.497. The van der Waals surface area contributed by atoms with Crippen LogP contribution in [0.1, 0.15) is 68.1 Å². The van der Waals surface area contributed by atoms with Crippen LogP contribution in [0.15, 0.2) is 43.0 Å². The van der Waals surface area contributed by atoms with E-state index in [1.54, 1.807) is 11.1 Å². The fourth-order valence-corrected chi connectivity index (χ4v) is 8.09. The summed E-state index contributed by atoms with van der Waals surface area (Å²) in [5.41, 5.74) is 2.56. The quantitative estimate of drug-likeness (QED) is 0.295. The van der Waals surface area contributed by atoms with Crippen molar-refractivity contribution in [1.82, 2.24) is 29.7 Å². The second kappa shape index (κ2) is 14.2. The van der Waals surface area contributed by atoms with Gasteiger partial charge in [0.2, 0.25) is 0 Å². The van der Waals surface area contributed by atoms with Crippen LogP contribution in [0, 0.1) is 11.2 Å². The third-order valence-electron chi connectivity index (χ3n) is 10.5. The van der Waals surface area contributed by atoms with Crippen LogP contribution in [-0.2, 0) is 13.0 Å². The van der Waals surface area contributed by atoms with E-state index in [1.165, 1.54) is 37.4 Å². The average molecular weight is 674 g/mol. The summed E-state index contributed by atoms with van der Waals surface area (Å²) in [5, 5.41) is 10.8. The second-order valence-corrected chi connectivity index (χ2v) is 14.5. The molecular weight excluding hydrogens is 625 g/mol. The Hall–Kier alpha value is -3.87. The smallest absolute Gasteiger partial charge is 0.257 e. The van der Waals surface area contributed by atoms with Crippen LogP contribution in [0.3, 0.4) is 0 Å². The highest BCUT2D eigenvalue weighted by atomic mass is 19.1. The fourth-order valence-electron chi connectivity index (χ4n) is 8.09. The molecule has 2 saturated heterocycles. The monoisotopic (exact) mass is 673 g/mol. The summed E-state index contributed by atoms with van der Waals surface area (Å²) in [4.78, 5) is 35.3. The Morgan fingerprint density at radius 2 is 1.84 bits per heavy atom. The molecule has 1 atom stereocenters. The van der Waals surface area contributed by atoms with E-state index in [4.69, 9.17) is 9.47 Å². The average Bonchev–Trinajstić information content (AvgIpc) is 3.56. The number of halogens is 1. The van der Waals surface area contributed by atoms with Crippen LogP contribution in [0.25, 0.3) is 0 Å². The Balaban J connectivity index is 0.960. The van der Waals surface area contributed by atoms with Crippen LogP contribution >= 0.6 is 0 Å². The molecule has 49 heavy (non-hydrogen) atoms. The number of anilines is 1. The lowest BCUT2D eigenvalue weighted by molar-refractivity contribution is -0.0354. The van der Waals surface area contributed by atoms with E-state index in [-0.39, 0.29) is 40.9 Å². The Labute approximate surface area is 288 Å². The summed E-state index contributed by atoms with van der Waals surface area (Å²) < 4.78 is 27.2. The normalized spacial score (nSPS) is 19.8. The molecule has 7 rings (SSSR count). The SMILES string of the molecule is CCN(C(=O)c1cc(F)ccc1Oc1cncnc1N1CC2(CC(Oc3ccnc4c3CN(CC(O)CN3CCCC3)CC4)C2)C1)C(C)C. The Morgan fingerprint density at radius 3 is 2.59 bits per heavy atom. The summed E-state index contributed by atoms with van der Waals surface area (Å²) in [7, 11) is 0. The van der Waals surface area contributed by atoms with Gasteiger partial charge in [0.15, 0.2) is 11.6 Å². The van der Waals surface area contributed by atoms with Gasteiger partial charge in [-0.3, -0.25) is 14.7 Å². The lowest BCUT2D eigenvalue weighted by Crippen LogP contribution is -2.65. The van der Waals surface area contributed by atoms with Crippen molar-refractivity contribution in [2.24, 2.45) is 5.41 Å². The third kappa shape index (κ3) is 7.22. The zero-order valence-electron chi connectivity index (χ0n) is 28.9. The molecule has 1 aromatic carbocycles. The van der Waals surface area contributed by atoms with Crippen molar-refractivity contribution in [1.29, 1.82) is 0 Å². The largest absolute Gasteiger partial charge is 0.490 e. The summed E-state index contributed by atoms with van der Waals surface area (Å²) in [6.07, 6.45) is 9.91. The Morgan fingerprint density at radius 1 is 1.06 bits per heavy atom. The molecule has 1 spiro atoms. The summed E-state index contributed by atoms with van der Waals surface area (Å²) in [6, 6.07) is 5.97. The van der Waals surface area contributed by atoms with Crippen molar-refractivity contribution in [3.63, 3.8) is 0 Å². The number of pyridine rings is 1. The zero-order chi connectivity index (χ0) is 34.1. The number of hydrogen-bond acceptors (Lipinski definition) is 10. The third-order valence-corrected chi connectivity index (χ3v) is 10.5. The molecule has 2 aromatic heterocycles. The number of aliphatic hydroxyl groups is 1. The van der Waals surface area contributed by atoms with Crippen LogP contribution in [0.2, 0.25) is 0 Å². The number of aromatic nitrogens is 3. The van der Waals surface area contributed by atoms with Gasteiger partial charge in [0, 0.05) is 81.1 Å². The topological polar surface area (TPSA) is 107 Å². The number of amides is 1. The van der Waals surface area contributed by atoms with Crippen molar-refractivity contribution in [3.8, 4) is 17.2 Å². The van der Waals surface area contributed by atoms with Gasteiger partial charge in [-0.1, -0.05) is 0 Å². The number of carbonyl (C=O) groups is 1. The maximum absolute atomic E-state index is 14.3. The number of hydrogen-bond donors (Lipinski definition) is 1. The van der Waals surface area contributed by atoms with Gasteiger partial charge in [-0.05, 0) is 83.8 Å². The maximum atomic E-state index is 14.3. The minimum absolute atomic E-state index is 0.0426. The molecule has 1 N–H and O–H groups in total. The van der Waals surface area contributed by atoms with Crippen LogP contribution in [0.5, 0.6) is 17.2 Å². The first-order valence-corrected chi connectivity index (χ1v) is 17.8. The van der Waals surface area contributed by atoms with Gasteiger partial charge >= 0.3 is 0 Å². The van der Waals surface area contributed by atoms with Gasteiger partial charge in [0.1, 0.15) is 29.7 Å². The van der Waals surface area contributed by atoms with E-state index in [9.17, 15) is 14.3 Å². The molecular formula is C37H48FN7O4. The van der Waals surface area contributed by atoms with Crippen molar-refractivity contribution >= 4 is 11.7 Å². The molecule has 262 valence electrons. The van der Waals surface area contributed by atoms with E-state index in [2.05, 4.69) is 29.7 Å². The van der Waals surface area contributed by atoms with Crippen LogP contribution < -0.4 is 14.4 Å². The lowest BCUT2D eigenvalue weighted by Gasteiger charge is -2.59. The Kier molecular flexibility index (Phi) is 9.72. The number of fused-ring (bicyclic) bond motifs is 1. The fraction of sp³-hybridized carbons (Fsp3) is 0.568. The molecule has 0 bridgehead atoms. The highest BCUT2D eigenvalue weighted by Crippen LogP contribution is 2.52. The highest BCUT2D eigenvalue weighted by molar-refractivity contribution is 5.97. The molecule has 5 heterocycles. The van der Waals surface area contributed by atoms with Crippen molar-refractivity contribution in [2.45, 2.75) is 77.7 Å². The van der Waals surface area contributed by atoms with Gasteiger partial charge in [0.05, 0.1) is 17.9 Å². The number of aliphatic hydroxyl groups excluding tert-OH is 1. The zero-order valence-corrected chi connectivity index (χ0v) is 28.9. The number of carbonyl (C=O) groups excluding carboxylic acids is 1. The molecule has 3 fully saturated rings. The lowest BCUT2D eigenvalue weighted by atomic mass is 9.61. The minimum Gasteiger partial charge on any atom is -0.490 e. The number of ether oxygens (including phenoxy) is 2. The predicted molar refractivity (Wildman–Crippen MR) is 184 cm³/mol. The van der Waals surface area contributed by atoms with Gasteiger partial charge < -0.3 is 29.3 Å². The molecule has 1 saturated carbocycles. The molecule has 1 amide bonds. The van der Waals surface area contributed by atoms with Gasteiger partial charge in [-0.25, -0.2) is 14.4 Å². The molecule has 12 heteroatoms. The van der Waals surface area contributed by atoms with E-state index >= 15 is 0 Å². The van der Waals surface area contributed by atoms with Crippen molar-refractivity contribution < 1.29 is 23.8 Å². The van der Waals surface area contributed by atoms with Gasteiger partial charge in [0.25, 0.3) is 5.91 Å². The summed E-state index contributed by atoms with van der Waals surface area (Å²) in [6.45, 7) is 13.1. The number of nitrogens with zero attached hydrogens (tertiary/aromatic N) is 7. The van der Waals surface area contributed by atoms with E-state index in [0.29, 0.717) is 24.7 Å². The number of β-amino-alcohol motifs (C(OH)–C–C–N with tert-alkyl or cyclic N) is 1. The first-order chi connectivity index (χ1) is 23.7. The second-order valence-electron chi connectivity index (χ2n) is 14.5. The van der Waals surface area contributed by atoms with E-state index in [0.717, 1.165) is 82.1 Å². The first-order valence-electron chi connectivity index (χ1n) is 17.8. The highest BCUT2D eigenvalue weighted by Gasteiger charge is 2.54. The van der Waals surface area contributed by atoms with Gasteiger partial charge in [-0.2, -0.15) is 0 Å². The molecule has 4 aliphatic rings. The molecule has 1 aliphatic carbocycles. The number of rotatable bonds is 12. The summed E-state index contributed by atoms with van der Waals surface area (Å²) >= 11 is 0. The number of likely N-dealkylation sites (tertiary alicyclic amines) is 1. The maximum Gasteiger partial charge on any atom is 0.257 e. The molecule has 0 radical (unpaired) electrons. The van der Waals surface area contributed by atoms with Crippen LogP contribution in [-0.4, -0.2) is 111 Å². The molecule has 3 aromatic rings. The molecule has 3 aliphatic heterocycles. The molecule has 1 unspecified atom stereocenters. The molecule has 11 nitrogen and oxygen atoms in total. The first kappa shape index (κ1) is 33.6. The summed E-state index contributed by atoms with van der Waals surface area (Å²) in [5.74, 6) is 1.48. The van der Waals surface area contributed by atoms with Crippen molar-refractivity contribution in [3.05, 3.63) is 65.6 Å². The Bertz CT molecular complexity index is 1640. The predicted octanol–water partition coefficient (Wildman–Crippen LogP) is 4.54. The van der Waals surface area contributed by atoms with E-state index < -0.39 is 5.82 Å². The van der Waals surface area contributed by atoms with Crippen molar-refractivity contribution in [2.75, 3.05) is 57.3 Å². The number of benzene rings is 1. The standard InChI is InChI=1S/C37H48FN7O4/c1-4-45(25(2)3)36(47)29-15-26(38)7-8-32(29)49-34-18-39-24-41-35(34)44-22-37(23-44)16-28(17-37)48-33-9-11-40-31-10-14-43(21-30(31)33)20-27(46)19-42-12-5-6-13-42/h7-9,11,15,18,24-25,27-28,46H,4-6,10,12-14,16-17,19-23H2,1-3H3.